The molecule has 2 aromatic rings. The fraction of sp³-hybridized carbons (Fsp3) is 0.294. The summed E-state index contributed by atoms with van der Waals surface area (Å²) in [6.07, 6.45) is 0.860. The van der Waals surface area contributed by atoms with Crippen molar-refractivity contribution in [2.75, 3.05) is 6.54 Å². The summed E-state index contributed by atoms with van der Waals surface area (Å²) in [5, 5.41) is 3.41. The molecule has 104 valence electrons. The van der Waals surface area contributed by atoms with Gasteiger partial charge in [0.2, 0.25) is 0 Å². The number of halogens is 1. The number of nitrogens with one attached hydrogen (secondary N) is 1. The minimum Gasteiger partial charge on any atom is -0.488 e. The average Bonchev–Trinajstić information content (AvgIpc) is 2.88. The highest BCUT2D eigenvalue weighted by Crippen LogP contribution is 2.34. The minimum atomic E-state index is -0.207. The van der Waals surface area contributed by atoms with E-state index in [-0.39, 0.29) is 18.0 Å². The van der Waals surface area contributed by atoms with Crippen LogP contribution in [0.3, 0.4) is 0 Å². The van der Waals surface area contributed by atoms with E-state index in [9.17, 15) is 4.39 Å². The molecule has 0 bridgehead atoms. The Kier molecular flexibility index (Phi) is 3.70. The summed E-state index contributed by atoms with van der Waals surface area (Å²) in [6, 6.07) is 14.8. The zero-order chi connectivity index (χ0) is 13.9. The van der Waals surface area contributed by atoms with Crippen LogP contribution in [0.25, 0.3) is 0 Å². The predicted octanol–water partition coefficient (Wildman–Crippen LogP) is 3.48. The van der Waals surface area contributed by atoms with Crippen LogP contribution >= 0.6 is 0 Å². The largest absolute Gasteiger partial charge is 0.488 e. The van der Waals surface area contributed by atoms with Crippen LogP contribution in [0.2, 0.25) is 0 Å². The van der Waals surface area contributed by atoms with Crippen LogP contribution in [0, 0.1) is 5.82 Å². The maximum Gasteiger partial charge on any atom is 0.123 e. The molecule has 0 saturated carbocycles. The Bertz CT molecular complexity index is 574. The van der Waals surface area contributed by atoms with Gasteiger partial charge in [-0.3, -0.25) is 0 Å². The van der Waals surface area contributed by atoms with Crippen molar-refractivity contribution in [2.24, 2.45) is 0 Å². The molecule has 0 amide bonds. The zero-order valence-electron chi connectivity index (χ0n) is 11.5. The monoisotopic (exact) mass is 271 g/mol. The van der Waals surface area contributed by atoms with Crippen LogP contribution in [0.4, 0.5) is 4.39 Å². The van der Waals surface area contributed by atoms with Crippen LogP contribution in [0.5, 0.6) is 5.75 Å². The highest BCUT2D eigenvalue weighted by molar-refractivity contribution is 5.38. The van der Waals surface area contributed by atoms with E-state index >= 15 is 0 Å². The second-order valence-electron chi connectivity index (χ2n) is 5.06. The van der Waals surface area contributed by atoms with Crippen molar-refractivity contribution >= 4 is 0 Å². The first-order valence-corrected chi connectivity index (χ1v) is 7.01. The molecule has 0 fully saturated rings. The van der Waals surface area contributed by atoms with E-state index in [1.54, 1.807) is 12.1 Å². The van der Waals surface area contributed by atoms with Gasteiger partial charge in [0.25, 0.3) is 0 Å². The van der Waals surface area contributed by atoms with Gasteiger partial charge in [0.1, 0.15) is 17.7 Å². The van der Waals surface area contributed by atoms with Crippen LogP contribution < -0.4 is 10.1 Å². The average molecular weight is 271 g/mol. The van der Waals surface area contributed by atoms with Crippen molar-refractivity contribution in [2.45, 2.75) is 25.5 Å². The number of ether oxygens (including phenoxy) is 1. The van der Waals surface area contributed by atoms with E-state index in [1.807, 2.05) is 31.2 Å². The molecule has 2 nitrogen and oxygen atoms in total. The summed E-state index contributed by atoms with van der Waals surface area (Å²) >= 11 is 0. The molecule has 1 aliphatic heterocycles. The summed E-state index contributed by atoms with van der Waals surface area (Å²) < 4.78 is 19.5. The Morgan fingerprint density at radius 1 is 1.25 bits per heavy atom. The molecular weight excluding hydrogens is 253 g/mol. The molecule has 20 heavy (non-hydrogen) atoms. The quantitative estimate of drug-likeness (QED) is 0.919. The lowest BCUT2D eigenvalue weighted by molar-refractivity contribution is 0.179. The highest BCUT2D eigenvalue weighted by Gasteiger charge is 2.30. The number of hydrogen-bond donors (Lipinski definition) is 1. The Hall–Kier alpha value is -1.87. The van der Waals surface area contributed by atoms with Gasteiger partial charge in [0.05, 0.1) is 6.04 Å². The van der Waals surface area contributed by atoms with Gasteiger partial charge < -0.3 is 10.1 Å². The summed E-state index contributed by atoms with van der Waals surface area (Å²) in [5.41, 5.74) is 2.15. The molecule has 2 atom stereocenters. The van der Waals surface area contributed by atoms with Crippen LogP contribution in [-0.4, -0.2) is 12.6 Å². The van der Waals surface area contributed by atoms with Gasteiger partial charge in [0, 0.05) is 6.42 Å². The van der Waals surface area contributed by atoms with Crippen molar-refractivity contribution < 1.29 is 9.13 Å². The first-order valence-electron chi connectivity index (χ1n) is 7.01. The lowest BCUT2D eigenvalue weighted by Gasteiger charge is -2.24. The molecule has 0 aromatic heterocycles. The highest BCUT2D eigenvalue weighted by atomic mass is 19.1. The molecule has 0 saturated heterocycles. The third-order valence-electron chi connectivity index (χ3n) is 3.68. The van der Waals surface area contributed by atoms with Gasteiger partial charge in [-0.2, -0.15) is 0 Å². The van der Waals surface area contributed by atoms with E-state index in [0.717, 1.165) is 24.3 Å². The SMILES string of the molecule is CCNC(c1cccc(F)c1)C1Cc2ccccc2O1. The van der Waals surface area contributed by atoms with Gasteiger partial charge in [-0.05, 0) is 35.9 Å². The zero-order valence-corrected chi connectivity index (χ0v) is 11.5. The maximum absolute atomic E-state index is 13.4. The third kappa shape index (κ3) is 2.54. The Morgan fingerprint density at radius 2 is 2.10 bits per heavy atom. The van der Waals surface area contributed by atoms with Crippen molar-refractivity contribution in [1.29, 1.82) is 0 Å². The molecule has 2 aromatic carbocycles. The molecule has 3 rings (SSSR count). The van der Waals surface area contributed by atoms with Crippen LogP contribution in [-0.2, 0) is 6.42 Å². The Labute approximate surface area is 118 Å². The van der Waals surface area contributed by atoms with E-state index < -0.39 is 0 Å². The van der Waals surface area contributed by atoms with E-state index in [2.05, 4.69) is 11.4 Å². The smallest absolute Gasteiger partial charge is 0.123 e. The summed E-state index contributed by atoms with van der Waals surface area (Å²) in [7, 11) is 0. The van der Waals surface area contributed by atoms with Gasteiger partial charge >= 0.3 is 0 Å². The van der Waals surface area contributed by atoms with E-state index in [4.69, 9.17) is 4.74 Å². The second-order valence-corrected chi connectivity index (χ2v) is 5.06. The number of para-hydroxylation sites is 1. The maximum atomic E-state index is 13.4. The molecular formula is C17H18FNO. The molecule has 0 aliphatic carbocycles. The van der Waals surface area contributed by atoms with E-state index in [0.29, 0.717) is 0 Å². The van der Waals surface area contributed by atoms with Crippen molar-refractivity contribution in [1.82, 2.24) is 5.32 Å². The third-order valence-corrected chi connectivity index (χ3v) is 3.68. The van der Waals surface area contributed by atoms with Gasteiger partial charge in [-0.15, -0.1) is 0 Å². The van der Waals surface area contributed by atoms with Gasteiger partial charge in [-0.25, -0.2) is 4.39 Å². The minimum absolute atomic E-state index is 0.00287. The van der Waals surface area contributed by atoms with Crippen LogP contribution in [0.15, 0.2) is 48.5 Å². The molecule has 1 N–H and O–H groups in total. The molecule has 2 unspecified atom stereocenters. The fourth-order valence-corrected chi connectivity index (χ4v) is 2.78. The Morgan fingerprint density at radius 3 is 2.85 bits per heavy atom. The number of likely N-dealkylation sites (N-methyl/N-ethyl adjacent to an activating group) is 1. The fourth-order valence-electron chi connectivity index (χ4n) is 2.78. The summed E-state index contributed by atoms with van der Waals surface area (Å²) in [5.74, 6) is 0.734. The van der Waals surface area contributed by atoms with Crippen LogP contribution in [0.1, 0.15) is 24.1 Å². The van der Waals surface area contributed by atoms with E-state index in [1.165, 1.54) is 11.6 Å². The first-order chi connectivity index (χ1) is 9.78. The summed E-state index contributed by atoms with van der Waals surface area (Å²) in [6.45, 7) is 2.87. The lowest BCUT2D eigenvalue weighted by atomic mass is 9.97. The lowest BCUT2D eigenvalue weighted by Crippen LogP contribution is -2.34. The van der Waals surface area contributed by atoms with Gasteiger partial charge in [0.15, 0.2) is 0 Å². The van der Waals surface area contributed by atoms with Crippen molar-refractivity contribution in [3.05, 3.63) is 65.5 Å². The molecule has 1 heterocycles. The molecule has 0 radical (unpaired) electrons. The molecule has 3 heteroatoms. The topological polar surface area (TPSA) is 21.3 Å². The summed E-state index contributed by atoms with van der Waals surface area (Å²) in [4.78, 5) is 0. The standard InChI is InChI=1S/C17H18FNO/c1-2-19-17(13-7-5-8-14(18)10-13)16-11-12-6-3-4-9-15(12)20-16/h3-10,16-17,19H,2,11H2,1H3. The van der Waals surface area contributed by atoms with Crippen molar-refractivity contribution in [3.8, 4) is 5.75 Å². The molecule has 0 spiro atoms. The second kappa shape index (κ2) is 5.63. The predicted molar refractivity (Wildman–Crippen MR) is 77.4 cm³/mol. The molecule has 1 aliphatic rings. The Balaban J connectivity index is 1.86. The van der Waals surface area contributed by atoms with Gasteiger partial charge in [-0.1, -0.05) is 37.3 Å². The number of rotatable bonds is 4. The number of fused-ring (bicyclic) bond motifs is 1. The number of benzene rings is 2. The number of hydrogen-bond acceptors (Lipinski definition) is 2. The normalized spacial score (nSPS) is 18.4. The van der Waals surface area contributed by atoms with Crippen molar-refractivity contribution in [3.63, 3.8) is 0 Å². The first kappa shape index (κ1) is 13.1.